The van der Waals surface area contributed by atoms with Gasteiger partial charge in [-0.15, -0.1) is 0 Å². The van der Waals surface area contributed by atoms with E-state index in [1.165, 1.54) is 0 Å². The Kier molecular flexibility index (Phi) is 3.11. The van der Waals surface area contributed by atoms with Gasteiger partial charge in [-0.2, -0.15) is 17.9 Å². The zero-order valence-electron chi connectivity index (χ0n) is 8.63. The van der Waals surface area contributed by atoms with Crippen LogP contribution in [-0.2, 0) is 4.79 Å². The van der Waals surface area contributed by atoms with Crippen molar-refractivity contribution in [3.05, 3.63) is 24.0 Å². The maximum Gasteiger partial charge on any atom is 0.227 e. The molecule has 1 amide bonds. The minimum absolute atomic E-state index is 0.0918. The predicted octanol–water partition coefficient (Wildman–Crippen LogP) is 1.24. The lowest BCUT2D eigenvalue weighted by molar-refractivity contribution is -0.117. The van der Waals surface area contributed by atoms with E-state index in [1.807, 2.05) is 6.07 Å². The minimum Gasteiger partial charge on any atom is -0.312 e. The summed E-state index contributed by atoms with van der Waals surface area (Å²) in [5.41, 5.74) is 1.08. The second-order valence-corrected chi connectivity index (χ2v) is 4.13. The number of aromatic nitrogens is 1. The van der Waals surface area contributed by atoms with Crippen LogP contribution in [-0.4, -0.2) is 23.2 Å². The number of amides is 1. The first-order valence-electron chi connectivity index (χ1n) is 5.02. The van der Waals surface area contributed by atoms with Crippen molar-refractivity contribution in [1.82, 2.24) is 4.98 Å². The van der Waals surface area contributed by atoms with Gasteiger partial charge in [0, 0.05) is 24.8 Å². The fourth-order valence-electron chi connectivity index (χ4n) is 1.80. The molecule has 5 heteroatoms. The topological polar surface area (TPSA) is 57.0 Å². The van der Waals surface area contributed by atoms with E-state index in [1.54, 1.807) is 23.2 Å². The molecule has 82 valence electrons. The molecule has 1 aliphatic rings. The van der Waals surface area contributed by atoms with E-state index in [-0.39, 0.29) is 5.91 Å². The predicted molar refractivity (Wildman–Crippen MR) is 63.3 cm³/mol. The van der Waals surface area contributed by atoms with Crippen molar-refractivity contribution < 1.29 is 4.79 Å². The summed E-state index contributed by atoms with van der Waals surface area (Å²) in [5, 5.41) is 8.74. The van der Waals surface area contributed by atoms with Crippen LogP contribution in [0.4, 0.5) is 5.69 Å². The average Bonchev–Trinajstić information content (AvgIpc) is 2.71. The summed E-state index contributed by atoms with van der Waals surface area (Å²) in [4.78, 5) is 17.3. The van der Waals surface area contributed by atoms with E-state index in [2.05, 4.69) is 17.6 Å². The zero-order valence-corrected chi connectivity index (χ0v) is 9.52. The molecule has 0 aliphatic carbocycles. The number of hydrogen-bond donors (Lipinski definition) is 1. The van der Waals surface area contributed by atoms with Crippen molar-refractivity contribution in [2.45, 2.75) is 6.42 Å². The first-order valence-corrected chi connectivity index (χ1v) is 5.65. The summed E-state index contributed by atoms with van der Waals surface area (Å²) in [7, 11) is 0. The maximum absolute atomic E-state index is 11.7. The van der Waals surface area contributed by atoms with E-state index in [9.17, 15) is 4.79 Å². The highest BCUT2D eigenvalue weighted by Crippen LogP contribution is 2.25. The van der Waals surface area contributed by atoms with Crippen molar-refractivity contribution >= 4 is 24.2 Å². The Labute approximate surface area is 99.3 Å². The van der Waals surface area contributed by atoms with Crippen LogP contribution in [0.1, 0.15) is 12.1 Å². The molecule has 1 atom stereocenters. The van der Waals surface area contributed by atoms with Crippen molar-refractivity contribution in [2.75, 3.05) is 17.2 Å². The van der Waals surface area contributed by atoms with Gasteiger partial charge in [-0.25, -0.2) is 4.98 Å². The SMILES string of the molecule is N#Cc1cc(N2CC(CS)CC2=O)ccn1. The van der Waals surface area contributed by atoms with Gasteiger partial charge in [0.2, 0.25) is 5.91 Å². The van der Waals surface area contributed by atoms with Crippen LogP contribution in [0.15, 0.2) is 18.3 Å². The lowest BCUT2D eigenvalue weighted by Crippen LogP contribution is -2.24. The smallest absolute Gasteiger partial charge is 0.227 e. The molecule has 0 N–H and O–H groups in total. The Morgan fingerprint density at radius 1 is 1.69 bits per heavy atom. The third-order valence-corrected chi connectivity index (χ3v) is 3.15. The number of rotatable bonds is 2. The van der Waals surface area contributed by atoms with E-state index in [4.69, 9.17) is 5.26 Å². The standard InChI is InChI=1S/C11H11N3OS/c12-5-9-4-10(1-2-13-9)14-6-8(7-16)3-11(14)15/h1-2,4,8,16H,3,6-7H2. The van der Waals surface area contributed by atoms with Gasteiger partial charge < -0.3 is 4.90 Å². The third kappa shape index (κ3) is 2.02. The second-order valence-electron chi connectivity index (χ2n) is 3.77. The summed E-state index contributed by atoms with van der Waals surface area (Å²) >= 11 is 4.20. The van der Waals surface area contributed by atoms with Crippen LogP contribution >= 0.6 is 12.6 Å². The lowest BCUT2D eigenvalue weighted by Gasteiger charge is -2.16. The first kappa shape index (κ1) is 11.0. The summed E-state index contributed by atoms with van der Waals surface area (Å²) in [6, 6.07) is 5.35. The van der Waals surface area contributed by atoms with Gasteiger partial charge in [0.15, 0.2) is 0 Å². The van der Waals surface area contributed by atoms with Gasteiger partial charge in [0.25, 0.3) is 0 Å². The number of carbonyl (C=O) groups is 1. The lowest BCUT2D eigenvalue weighted by atomic mass is 10.1. The molecule has 1 aromatic heterocycles. The van der Waals surface area contributed by atoms with Crippen LogP contribution < -0.4 is 4.90 Å². The van der Waals surface area contributed by atoms with Crippen molar-refractivity contribution in [1.29, 1.82) is 5.26 Å². The van der Waals surface area contributed by atoms with E-state index >= 15 is 0 Å². The number of pyridine rings is 1. The Morgan fingerprint density at radius 2 is 2.50 bits per heavy atom. The molecule has 1 fully saturated rings. The molecule has 0 radical (unpaired) electrons. The number of thiol groups is 1. The monoisotopic (exact) mass is 233 g/mol. The molecular weight excluding hydrogens is 222 g/mol. The Hall–Kier alpha value is -1.54. The molecule has 16 heavy (non-hydrogen) atoms. The zero-order chi connectivity index (χ0) is 11.5. The van der Waals surface area contributed by atoms with Gasteiger partial charge >= 0.3 is 0 Å². The van der Waals surface area contributed by atoms with E-state index in [0.717, 1.165) is 5.69 Å². The van der Waals surface area contributed by atoms with Crippen molar-refractivity contribution in [3.63, 3.8) is 0 Å². The quantitative estimate of drug-likeness (QED) is 0.782. The minimum atomic E-state index is 0.0918. The fraction of sp³-hybridized carbons (Fsp3) is 0.364. The van der Waals surface area contributed by atoms with Crippen LogP contribution in [0.5, 0.6) is 0 Å². The maximum atomic E-state index is 11.7. The molecular formula is C11H11N3OS. The Bertz CT molecular complexity index is 455. The molecule has 1 aromatic rings. The average molecular weight is 233 g/mol. The van der Waals surface area contributed by atoms with E-state index in [0.29, 0.717) is 30.3 Å². The molecule has 0 aromatic carbocycles. The summed E-state index contributed by atoms with van der Waals surface area (Å²) in [5.74, 6) is 1.10. The molecule has 2 rings (SSSR count). The van der Waals surface area contributed by atoms with E-state index < -0.39 is 0 Å². The number of nitrogens with zero attached hydrogens (tertiary/aromatic N) is 3. The van der Waals surface area contributed by atoms with Gasteiger partial charge in [-0.05, 0) is 23.8 Å². The molecule has 1 aliphatic heterocycles. The highest BCUT2D eigenvalue weighted by molar-refractivity contribution is 7.80. The van der Waals surface area contributed by atoms with Crippen LogP contribution in [0.2, 0.25) is 0 Å². The summed E-state index contributed by atoms with van der Waals surface area (Å²) < 4.78 is 0. The van der Waals surface area contributed by atoms with Gasteiger partial charge in [0.05, 0.1) is 0 Å². The normalized spacial score (nSPS) is 19.9. The van der Waals surface area contributed by atoms with Crippen molar-refractivity contribution in [2.24, 2.45) is 5.92 Å². The van der Waals surface area contributed by atoms with Crippen LogP contribution in [0, 0.1) is 17.2 Å². The van der Waals surface area contributed by atoms with Gasteiger partial charge in [-0.3, -0.25) is 4.79 Å². The van der Waals surface area contributed by atoms with Gasteiger partial charge in [0.1, 0.15) is 11.8 Å². The molecule has 4 nitrogen and oxygen atoms in total. The number of anilines is 1. The molecule has 1 unspecified atom stereocenters. The molecule has 0 saturated carbocycles. The first-order chi connectivity index (χ1) is 7.74. The molecule has 2 heterocycles. The van der Waals surface area contributed by atoms with Gasteiger partial charge in [-0.1, -0.05) is 0 Å². The highest BCUT2D eigenvalue weighted by Gasteiger charge is 2.29. The summed E-state index contributed by atoms with van der Waals surface area (Å²) in [6.45, 7) is 0.678. The fourth-order valence-corrected chi connectivity index (χ4v) is 2.05. The number of hydrogen-bond acceptors (Lipinski definition) is 4. The van der Waals surface area contributed by atoms with Crippen LogP contribution in [0.3, 0.4) is 0 Å². The van der Waals surface area contributed by atoms with Crippen LogP contribution in [0.25, 0.3) is 0 Å². The molecule has 0 bridgehead atoms. The molecule has 0 spiro atoms. The largest absolute Gasteiger partial charge is 0.312 e. The number of carbonyl (C=O) groups excluding carboxylic acids is 1. The Balaban J connectivity index is 2.25. The second kappa shape index (κ2) is 4.54. The molecule has 1 saturated heterocycles. The summed E-state index contributed by atoms with van der Waals surface area (Å²) in [6.07, 6.45) is 2.09. The number of nitriles is 1. The Morgan fingerprint density at radius 3 is 3.12 bits per heavy atom. The highest BCUT2D eigenvalue weighted by atomic mass is 32.1. The third-order valence-electron chi connectivity index (χ3n) is 2.63. The van der Waals surface area contributed by atoms with Crippen molar-refractivity contribution in [3.8, 4) is 6.07 Å².